The number of methoxy groups -OCH3 is 1. The van der Waals surface area contributed by atoms with Gasteiger partial charge in [0.15, 0.2) is 0 Å². The highest BCUT2D eigenvalue weighted by atomic mass is 35.5. The van der Waals surface area contributed by atoms with Gasteiger partial charge >= 0.3 is 0 Å². The van der Waals surface area contributed by atoms with Crippen molar-refractivity contribution in [2.75, 3.05) is 17.7 Å². The van der Waals surface area contributed by atoms with Gasteiger partial charge in [0.25, 0.3) is 5.91 Å². The monoisotopic (exact) mass is 388 g/mol. The molecule has 0 spiro atoms. The Balaban J connectivity index is 1.78. The molecule has 0 aliphatic heterocycles. The van der Waals surface area contributed by atoms with Crippen LogP contribution in [0.4, 0.5) is 17.2 Å². The quantitative estimate of drug-likeness (QED) is 0.656. The summed E-state index contributed by atoms with van der Waals surface area (Å²) in [5.74, 6) is 0.685. The number of hydrogen-bond acceptors (Lipinski definition) is 5. The van der Waals surface area contributed by atoms with E-state index in [1.807, 2.05) is 0 Å². The lowest BCUT2D eigenvalue weighted by molar-refractivity contribution is 0.102. The van der Waals surface area contributed by atoms with Crippen molar-refractivity contribution in [1.82, 2.24) is 9.97 Å². The van der Waals surface area contributed by atoms with Crippen LogP contribution in [0.15, 0.2) is 54.9 Å². The summed E-state index contributed by atoms with van der Waals surface area (Å²) in [5, 5.41) is 6.57. The Morgan fingerprint density at radius 3 is 2.69 bits per heavy atom. The van der Waals surface area contributed by atoms with Crippen molar-refractivity contribution in [3.8, 4) is 5.75 Å². The third-order valence-electron chi connectivity index (χ3n) is 3.44. The molecule has 0 atom stereocenters. The minimum absolute atomic E-state index is 0.198. The van der Waals surface area contributed by atoms with Gasteiger partial charge in [0.05, 0.1) is 22.8 Å². The number of rotatable bonds is 5. The Labute approximate surface area is 160 Å². The van der Waals surface area contributed by atoms with Crippen LogP contribution in [0.2, 0.25) is 10.0 Å². The number of benzene rings is 2. The van der Waals surface area contributed by atoms with E-state index < -0.39 is 0 Å². The average molecular weight is 389 g/mol. The minimum Gasteiger partial charge on any atom is -0.497 e. The Bertz CT molecular complexity index is 950. The first kappa shape index (κ1) is 18.0. The van der Waals surface area contributed by atoms with Gasteiger partial charge in [-0.3, -0.25) is 4.79 Å². The Morgan fingerprint density at radius 2 is 1.88 bits per heavy atom. The van der Waals surface area contributed by atoms with Crippen molar-refractivity contribution in [3.63, 3.8) is 0 Å². The Morgan fingerprint density at radius 1 is 1.08 bits per heavy atom. The van der Waals surface area contributed by atoms with E-state index in [0.717, 1.165) is 0 Å². The fourth-order valence-corrected chi connectivity index (χ4v) is 2.53. The maximum Gasteiger partial charge on any atom is 0.274 e. The smallest absolute Gasteiger partial charge is 0.274 e. The van der Waals surface area contributed by atoms with Crippen molar-refractivity contribution < 1.29 is 9.53 Å². The van der Waals surface area contributed by atoms with E-state index >= 15 is 0 Å². The van der Waals surface area contributed by atoms with Crippen LogP contribution >= 0.6 is 23.2 Å². The number of aromatic nitrogens is 2. The Kier molecular flexibility index (Phi) is 5.55. The predicted molar refractivity (Wildman–Crippen MR) is 103 cm³/mol. The summed E-state index contributed by atoms with van der Waals surface area (Å²) >= 11 is 12.2. The maximum atomic E-state index is 12.4. The Hall–Kier alpha value is -2.83. The molecule has 8 heteroatoms. The SMILES string of the molecule is COc1cccc(NC(=O)c2cc(Nc3cccc(Cl)c3Cl)ncn2)c1. The van der Waals surface area contributed by atoms with Crippen LogP contribution < -0.4 is 15.4 Å². The van der Waals surface area contributed by atoms with E-state index in [1.165, 1.54) is 12.4 Å². The van der Waals surface area contributed by atoms with Gasteiger partial charge in [-0.25, -0.2) is 9.97 Å². The van der Waals surface area contributed by atoms with Crippen LogP contribution in [-0.2, 0) is 0 Å². The number of ether oxygens (including phenoxy) is 1. The van der Waals surface area contributed by atoms with Gasteiger partial charge < -0.3 is 15.4 Å². The number of nitrogens with zero attached hydrogens (tertiary/aromatic N) is 2. The molecule has 0 unspecified atom stereocenters. The summed E-state index contributed by atoms with van der Waals surface area (Å²) in [4.78, 5) is 20.5. The average Bonchev–Trinajstić information content (AvgIpc) is 2.66. The van der Waals surface area contributed by atoms with Gasteiger partial charge in [0.1, 0.15) is 23.6 Å². The van der Waals surface area contributed by atoms with Crippen LogP contribution in [-0.4, -0.2) is 23.0 Å². The van der Waals surface area contributed by atoms with Crippen LogP contribution in [0.1, 0.15) is 10.5 Å². The summed E-state index contributed by atoms with van der Waals surface area (Å²) in [5.41, 5.74) is 1.38. The molecule has 132 valence electrons. The highest BCUT2D eigenvalue weighted by Gasteiger charge is 2.11. The van der Waals surface area contributed by atoms with Gasteiger partial charge in [-0.05, 0) is 24.3 Å². The number of amides is 1. The van der Waals surface area contributed by atoms with Crippen molar-refractivity contribution in [3.05, 3.63) is 70.6 Å². The normalized spacial score (nSPS) is 10.3. The van der Waals surface area contributed by atoms with Gasteiger partial charge in [0.2, 0.25) is 0 Å². The molecule has 3 aromatic rings. The molecule has 3 rings (SSSR count). The molecule has 1 heterocycles. The molecular weight excluding hydrogens is 375 g/mol. The molecule has 1 aromatic heterocycles. The van der Waals surface area contributed by atoms with Crippen LogP contribution in [0.3, 0.4) is 0 Å². The summed E-state index contributed by atoms with van der Waals surface area (Å²) < 4.78 is 5.14. The lowest BCUT2D eigenvalue weighted by Crippen LogP contribution is -2.14. The second-order valence-electron chi connectivity index (χ2n) is 5.20. The molecule has 0 saturated heterocycles. The molecule has 0 radical (unpaired) electrons. The molecule has 0 bridgehead atoms. The molecule has 0 aliphatic rings. The first-order valence-electron chi connectivity index (χ1n) is 7.55. The molecule has 2 N–H and O–H groups in total. The molecule has 0 fully saturated rings. The number of halogens is 2. The van der Waals surface area contributed by atoms with E-state index in [-0.39, 0.29) is 11.6 Å². The summed E-state index contributed by atoms with van der Waals surface area (Å²) in [6.45, 7) is 0. The van der Waals surface area contributed by atoms with E-state index in [4.69, 9.17) is 27.9 Å². The van der Waals surface area contributed by atoms with E-state index in [0.29, 0.717) is 33.0 Å². The molecular formula is C18H14Cl2N4O2. The van der Waals surface area contributed by atoms with E-state index in [9.17, 15) is 4.79 Å². The third kappa shape index (κ3) is 4.22. The molecule has 26 heavy (non-hydrogen) atoms. The minimum atomic E-state index is -0.374. The lowest BCUT2D eigenvalue weighted by atomic mass is 10.2. The number of nitrogens with one attached hydrogen (secondary N) is 2. The molecule has 1 amide bonds. The lowest BCUT2D eigenvalue weighted by Gasteiger charge is -2.10. The number of carbonyl (C=O) groups excluding carboxylic acids is 1. The second kappa shape index (κ2) is 8.03. The first-order valence-corrected chi connectivity index (χ1v) is 8.31. The maximum absolute atomic E-state index is 12.4. The molecule has 0 aliphatic carbocycles. The largest absolute Gasteiger partial charge is 0.497 e. The standard InChI is InChI=1S/C18H14Cl2N4O2/c1-26-12-5-2-4-11(8-12)23-18(25)15-9-16(22-10-21-15)24-14-7-3-6-13(19)17(14)20/h2-10H,1H3,(H,23,25)(H,21,22,24). The number of carbonyl (C=O) groups is 1. The second-order valence-corrected chi connectivity index (χ2v) is 5.99. The van der Waals surface area contributed by atoms with Gasteiger partial charge in [-0.1, -0.05) is 35.3 Å². The van der Waals surface area contributed by atoms with Crippen LogP contribution in [0, 0.1) is 0 Å². The van der Waals surface area contributed by atoms with Gasteiger partial charge in [0, 0.05) is 17.8 Å². The summed E-state index contributed by atoms with van der Waals surface area (Å²) in [6.07, 6.45) is 1.29. The van der Waals surface area contributed by atoms with Gasteiger partial charge in [-0.15, -0.1) is 0 Å². The fourth-order valence-electron chi connectivity index (χ4n) is 2.18. The number of anilines is 3. The molecule has 2 aromatic carbocycles. The third-order valence-corrected chi connectivity index (χ3v) is 4.26. The highest BCUT2D eigenvalue weighted by molar-refractivity contribution is 6.43. The fraction of sp³-hybridized carbons (Fsp3) is 0.0556. The van der Waals surface area contributed by atoms with E-state index in [2.05, 4.69) is 20.6 Å². The van der Waals surface area contributed by atoms with Crippen LogP contribution in [0.5, 0.6) is 5.75 Å². The zero-order valence-corrected chi connectivity index (χ0v) is 15.2. The summed E-state index contributed by atoms with van der Waals surface area (Å²) in [7, 11) is 1.56. The van der Waals surface area contributed by atoms with Crippen molar-refractivity contribution in [2.24, 2.45) is 0 Å². The highest BCUT2D eigenvalue weighted by Crippen LogP contribution is 2.31. The number of hydrogen-bond donors (Lipinski definition) is 2. The molecule has 6 nitrogen and oxygen atoms in total. The predicted octanol–water partition coefficient (Wildman–Crippen LogP) is 4.79. The zero-order chi connectivity index (χ0) is 18.5. The van der Waals surface area contributed by atoms with Gasteiger partial charge in [-0.2, -0.15) is 0 Å². The van der Waals surface area contributed by atoms with Crippen molar-refractivity contribution in [1.29, 1.82) is 0 Å². The zero-order valence-electron chi connectivity index (χ0n) is 13.7. The topological polar surface area (TPSA) is 76.1 Å². The van der Waals surface area contributed by atoms with Crippen molar-refractivity contribution >= 4 is 46.3 Å². The van der Waals surface area contributed by atoms with Crippen molar-refractivity contribution in [2.45, 2.75) is 0 Å². The summed E-state index contributed by atoms with van der Waals surface area (Å²) in [6, 6.07) is 13.8. The first-order chi connectivity index (χ1) is 12.6. The van der Waals surface area contributed by atoms with E-state index in [1.54, 1.807) is 49.6 Å². The molecule has 0 saturated carbocycles. The van der Waals surface area contributed by atoms with Crippen LogP contribution in [0.25, 0.3) is 0 Å².